The van der Waals surface area contributed by atoms with Crippen LogP contribution in [-0.2, 0) is 0 Å². The summed E-state index contributed by atoms with van der Waals surface area (Å²) in [6.07, 6.45) is 2.61. The van der Waals surface area contributed by atoms with Crippen molar-refractivity contribution >= 4 is 15.9 Å². The summed E-state index contributed by atoms with van der Waals surface area (Å²) in [4.78, 5) is 2.50. The van der Waals surface area contributed by atoms with E-state index >= 15 is 0 Å². The minimum absolute atomic E-state index is 0.776. The predicted octanol–water partition coefficient (Wildman–Crippen LogP) is 2.76. The average molecular weight is 327 g/mol. The van der Waals surface area contributed by atoms with E-state index in [4.69, 9.17) is 4.74 Å². The zero-order valence-corrected chi connectivity index (χ0v) is 13.2. The minimum Gasteiger partial charge on any atom is -0.492 e. The first kappa shape index (κ1) is 14.8. The lowest BCUT2D eigenvalue weighted by Gasteiger charge is -2.31. The van der Waals surface area contributed by atoms with Gasteiger partial charge in [-0.1, -0.05) is 15.9 Å². The van der Waals surface area contributed by atoms with Gasteiger partial charge in [0.2, 0.25) is 0 Å². The van der Waals surface area contributed by atoms with E-state index in [1.807, 2.05) is 31.3 Å². The average Bonchev–Trinajstić information content (AvgIpc) is 2.43. The Morgan fingerprint density at radius 2 is 1.95 bits per heavy atom. The van der Waals surface area contributed by atoms with Crippen LogP contribution in [0.2, 0.25) is 0 Å². The van der Waals surface area contributed by atoms with E-state index in [0.717, 1.165) is 35.8 Å². The van der Waals surface area contributed by atoms with Crippen molar-refractivity contribution in [2.24, 2.45) is 5.92 Å². The number of hydrogen-bond donors (Lipinski definition) is 1. The first-order chi connectivity index (χ1) is 9.28. The van der Waals surface area contributed by atoms with E-state index in [-0.39, 0.29) is 0 Å². The maximum Gasteiger partial charge on any atom is 0.119 e. The predicted molar refractivity (Wildman–Crippen MR) is 82.7 cm³/mol. The molecule has 1 saturated heterocycles. The third kappa shape index (κ3) is 5.13. The molecule has 0 aromatic heterocycles. The highest BCUT2D eigenvalue weighted by atomic mass is 79.9. The third-order valence-corrected chi connectivity index (χ3v) is 4.22. The standard InChI is InChI=1S/C15H23BrN2O/c1-17-12-13-6-8-18(9-7-13)10-11-19-15-4-2-14(16)3-5-15/h2-5,13,17H,6-12H2,1H3. The highest BCUT2D eigenvalue weighted by molar-refractivity contribution is 9.10. The lowest BCUT2D eigenvalue weighted by atomic mass is 9.97. The van der Waals surface area contributed by atoms with Gasteiger partial charge in [0.05, 0.1) is 0 Å². The maximum absolute atomic E-state index is 5.76. The lowest BCUT2D eigenvalue weighted by Crippen LogP contribution is -2.38. The Labute approximate surface area is 124 Å². The molecule has 0 saturated carbocycles. The number of benzene rings is 1. The van der Waals surface area contributed by atoms with Crippen LogP contribution in [0.1, 0.15) is 12.8 Å². The smallest absolute Gasteiger partial charge is 0.119 e. The number of piperidine rings is 1. The summed E-state index contributed by atoms with van der Waals surface area (Å²) in [5.41, 5.74) is 0. The molecule has 1 heterocycles. The van der Waals surface area contributed by atoms with Crippen molar-refractivity contribution in [3.05, 3.63) is 28.7 Å². The van der Waals surface area contributed by atoms with Crippen molar-refractivity contribution in [1.82, 2.24) is 10.2 Å². The van der Waals surface area contributed by atoms with Crippen molar-refractivity contribution < 1.29 is 4.74 Å². The van der Waals surface area contributed by atoms with Crippen LogP contribution in [0.25, 0.3) is 0 Å². The Balaban J connectivity index is 1.63. The number of nitrogens with one attached hydrogen (secondary N) is 1. The van der Waals surface area contributed by atoms with Crippen molar-refractivity contribution in [3.63, 3.8) is 0 Å². The lowest BCUT2D eigenvalue weighted by molar-refractivity contribution is 0.155. The molecule has 0 unspecified atom stereocenters. The second kappa shape index (κ2) is 7.88. The number of ether oxygens (including phenoxy) is 1. The normalized spacial score (nSPS) is 17.6. The highest BCUT2D eigenvalue weighted by Gasteiger charge is 2.18. The molecule has 0 radical (unpaired) electrons. The summed E-state index contributed by atoms with van der Waals surface area (Å²) in [6.45, 7) is 5.37. The van der Waals surface area contributed by atoms with Crippen LogP contribution < -0.4 is 10.1 Å². The Hall–Kier alpha value is -0.580. The molecule has 1 aromatic carbocycles. The van der Waals surface area contributed by atoms with Gasteiger partial charge >= 0.3 is 0 Å². The van der Waals surface area contributed by atoms with Gasteiger partial charge in [0.25, 0.3) is 0 Å². The quantitative estimate of drug-likeness (QED) is 0.870. The number of likely N-dealkylation sites (tertiary alicyclic amines) is 1. The van der Waals surface area contributed by atoms with E-state index in [0.29, 0.717) is 0 Å². The third-order valence-electron chi connectivity index (χ3n) is 3.69. The number of rotatable bonds is 6. The summed E-state index contributed by atoms with van der Waals surface area (Å²) < 4.78 is 6.85. The van der Waals surface area contributed by atoms with Crippen LogP contribution in [0.3, 0.4) is 0 Å². The molecule has 19 heavy (non-hydrogen) atoms. The van der Waals surface area contributed by atoms with Gasteiger partial charge in [-0.15, -0.1) is 0 Å². The van der Waals surface area contributed by atoms with E-state index in [9.17, 15) is 0 Å². The second-order valence-corrected chi connectivity index (χ2v) is 6.06. The Bertz CT molecular complexity index is 361. The van der Waals surface area contributed by atoms with Crippen LogP contribution in [0.4, 0.5) is 0 Å². The molecule has 0 bridgehead atoms. The molecule has 1 aliphatic heterocycles. The fourth-order valence-electron chi connectivity index (χ4n) is 2.53. The molecule has 1 fully saturated rings. The van der Waals surface area contributed by atoms with Gasteiger partial charge in [-0.05, 0) is 69.7 Å². The van der Waals surface area contributed by atoms with Crippen LogP contribution >= 0.6 is 15.9 Å². The molecule has 3 nitrogen and oxygen atoms in total. The SMILES string of the molecule is CNCC1CCN(CCOc2ccc(Br)cc2)CC1. The first-order valence-corrected chi connectivity index (χ1v) is 7.82. The topological polar surface area (TPSA) is 24.5 Å². The first-order valence-electron chi connectivity index (χ1n) is 7.03. The van der Waals surface area contributed by atoms with Crippen molar-refractivity contribution in [2.75, 3.05) is 39.8 Å². The number of hydrogen-bond acceptors (Lipinski definition) is 3. The van der Waals surface area contributed by atoms with E-state index < -0.39 is 0 Å². The monoisotopic (exact) mass is 326 g/mol. The van der Waals surface area contributed by atoms with Crippen molar-refractivity contribution in [2.45, 2.75) is 12.8 Å². The molecule has 4 heteroatoms. The molecule has 1 aromatic rings. The van der Waals surface area contributed by atoms with Crippen LogP contribution in [-0.4, -0.2) is 44.7 Å². The van der Waals surface area contributed by atoms with Gasteiger partial charge in [-0.3, -0.25) is 4.90 Å². The summed E-state index contributed by atoms with van der Waals surface area (Å²) in [5.74, 6) is 1.81. The van der Waals surface area contributed by atoms with Gasteiger partial charge in [0.15, 0.2) is 0 Å². The van der Waals surface area contributed by atoms with Crippen molar-refractivity contribution in [3.8, 4) is 5.75 Å². The van der Waals surface area contributed by atoms with E-state index in [2.05, 4.69) is 26.1 Å². The van der Waals surface area contributed by atoms with Crippen LogP contribution in [0.15, 0.2) is 28.7 Å². The zero-order valence-electron chi connectivity index (χ0n) is 11.6. The largest absolute Gasteiger partial charge is 0.492 e. The van der Waals surface area contributed by atoms with Crippen molar-refractivity contribution in [1.29, 1.82) is 0 Å². The number of nitrogens with zero attached hydrogens (tertiary/aromatic N) is 1. The van der Waals surface area contributed by atoms with Crippen LogP contribution in [0, 0.1) is 5.92 Å². The highest BCUT2D eigenvalue weighted by Crippen LogP contribution is 2.17. The Morgan fingerprint density at radius 1 is 1.26 bits per heavy atom. The molecular weight excluding hydrogens is 304 g/mol. The molecule has 2 rings (SSSR count). The Morgan fingerprint density at radius 3 is 2.58 bits per heavy atom. The molecular formula is C15H23BrN2O. The molecule has 1 N–H and O–H groups in total. The minimum atomic E-state index is 0.776. The molecule has 0 spiro atoms. The van der Waals surface area contributed by atoms with Gasteiger partial charge in [0.1, 0.15) is 12.4 Å². The van der Waals surface area contributed by atoms with Gasteiger partial charge in [-0.2, -0.15) is 0 Å². The van der Waals surface area contributed by atoms with Gasteiger partial charge < -0.3 is 10.1 Å². The summed E-state index contributed by atoms with van der Waals surface area (Å²) in [7, 11) is 2.04. The van der Waals surface area contributed by atoms with E-state index in [1.165, 1.54) is 25.9 Å². The van der Waals surface area contributed by atoms with Crippen LogP contribution in [0.5, 0.6) is 5.75 Å². The summed E-state index contributed by atoms with van der Waals surface area (Å²) >= 11 is 3.43. The second-order valence-electron chi connectivity index (χ2n) is 5.15. The maximum atomic E-state index is 5.76. The van der Waals surface area contributed by atoms with E-state index in [1.54, 1.807) is 0 Å². The molecule has 0 aliphatic carbocycles. The Kier molecular flexibility index (Phi) is 6.14. The zero-order chi connectivity index (χ0) is 13.5. The fourth-order valence-corrected chi connectivity index (χ4v) is 2.79. The summed E-state index contributed by atoms with van der Waals surface area (Å²) in [6, 6.07) is 8.03. The molecule has 106 valence electrons. The fraction of sp³-hybridized carbons (Fsp3) is 0.600. The summed E-state index contributed by atoms with van der Waals surface area (Å²) in [5, 5.41) is 3.27. The van der Waals surface area contributed by atoms with Gasteiger partial charge in [0, 0.05) is 11.0 Å². The number of halogens is 1. The molecule has 0 amide bonds. The molecule has 1 aliphatic rings. The molecule has 0 atom stereocenters. The van der Waals surface area contributed by atoms with Gasteiger partial charge in [-0.25, -0.2) is 0 Å².